The quantitative estimate of drug-likeness (QED) is 0.491. The van der Waals surface area contributed by atoms with Gasteiger partial charge in [0.05, 0.1) is 0 Å². The molecule has 0 aliphatic rings. The van der Waals surface area contributed by atoms with E-state index in [1.807, 2.05) is 0 Å². The van der Waals surface area contributed by atoms with Gasteiger partial charge in [0.15, 0.2) is 0 Å². The molecule has 0 aromatic carbocycles. The molecule has 10 heteroatoms. The first-order valence-corrected chi connectivity index (χ1v) is 8.36. The Kier molecular flexibility index (Phi) is 11.6. The van der Waals surface area contributed by atoms with Crippen LogP contribution in [0.2, 0.25) is 0 Å². The van der Waals surface area contributed by atoms with E-state index in [1.165, 1.54) is 0 Å². The molecule has 0 rings (SSSR count). The number of carbonyl (C=O) groups is 2. The smallest absolute Gasteiger partial charge is 0.770 e. The molecule has 24 heavy (non-hydrogen) atoms. The Morgan fingerprint density at radius 2 is 1.46 bits per heavy atom. The average molecular weight is 375 g/mol. The zero-order chi connectivity index (χ0) is 18.4. The summed E-state index contributed by atoms with van der Waals surface area (Å²) in [5, 5.41) is 9.23. The molecule has 0 saturated heterocycles. The molecular formula is C14H26NNaO7S. The van der Waals surface area contributed by atoms with Gasteiger partial charge in [0.2, 0.25) is 0 Å². The molecule has 2 amide bonds. The Labute approximate surface area is 167 Å². The third-order valence-corrected chi connectivity index (χ3v) is 2.96. The number of rotatable bonds is 5. The molecule has 0 aromatic rings. The standard InChI is InChI=1S/C14H27NO7S.Na/c1-13(2,3)21-11(17)15(12(18)22-14(4,5)6)9-7-8-10(16)23(19)20;/h10,16H,7-9H2,1-6H3,(H,19,20);/q;+1/p-1. The molecule has 2 unspecified atom stereocenters. The number of aliphatic hydroxyl groups excluding tert-OH is 1. The summed E-state index contributed by atoms with van der Waals surface area (Å²) < 4.78 is 31.4. The molecule has 2 atom stereocenters. The number of hydrogen-bond acceptors (Lipinski definition) is 7. The first-order valence-electron chi connectivity index (χ1n) is 7.22. The summed E-state index contributed by atoms with van der Waals surface area (Å²) in [5.74, 6) is 0. The molecule has 0 saturated carbocycles. The first-order chi connectivity index (χ1) is 10.2. The third kappa shape index (κ3) is 12.2. The van der Waals surface area contributed by atoms with E-state index in [0.29, 0.717) is 0 Å². The van der Waals surface area contributed by atoms with Crippen LogP contribution < -0.4 is 29.6 Å². The minimum absolute atomic E-state index is 0. The van der Waals surface area contributed by atoms with Crippen LogP contribution in [-0.2, 0) is 20.6 Å². The number of aliphatic hydroxyl groups is 1. The molecule has 0 bridgehead atoms. The summed E-state index contributed by atoms with van der Waals surface area (Å²) in [5.41, 5.74) is -3.14. The maximum Gasteiger partial charge on any atom is 1.00 e. The number of carbonyl (C=O) groups excluding carboxylic acids is 2. The van der Waals surface area contributed by atoms with Crippen molar-refractivity contribution in [3.8, 4) is 0 Å². The summed E-state index contributed by atoms with van der Waals surface area (Å²) in [7, 11) is 0. The van der Waals surface area contributed by atoms with Crippen molar-refractivity contribution >= 4 is 23.3 Å². The Bertz CT molecular complexity index is 417. The van der Waals surface area contributed by atoms with Gasteiger partial charge in [-0.1, -0.05) is 0 Å². The minimum atomic E-state index is -2.62. The van der Waals surface area contributed by atoms with Gasteiger partial charge in [0.25, 0.3) is 0 Å². The fourth-order valence-electron chi connectivity index (χ4n) is 1.41. The molecule has 1 N–H and O–H groups in total. The second-order valence-electron chi connectivity index (χ2n) is 6.97. The first kappa shape index (κ1) is 26.0. The zero-order valence-corrected chi connectivity index (χ0v) is 18.3. The predicted octanol–water partition coefficient (Wildman–Crippen LogP) is -0.860. The van der Waals surface area contributed by atoms with Crippen molar-refractivity contribution in [1.82, 2.24) is 4.90 Å². The molecule has 136 valence electrons. The van der Waals surface area contributed by atoms with Crippen molar-refractivity contribution in [2.75, 3.05) is 6.54 Å². The SMILES string of the molecule is CC(C)(C)OC(=O)N(CCCC(O)S(=O)[O-])C(=O)OC(C)(C)C.[Na+]. The number of ether oxygens (including phenoxy) is 2. The van der Waals surface area contributed by atoms with Gasteiger partial charge >= 0.3 is 41.7 Å². The number of nitrogens with zero attached hydrogens (tertiary/aromatic N) is 1. The van der Waals surface area contributed by atoms with Crippen LogP contribution in [0.5, 0.6) is 0 Å². The topological polar surface area (TPSA) is 116 Å². The molecule has 0 aromatic heterocycles. The second-order valence-corrected chi connectivity index (χ2v) is 8.03. The summed E-state index contributed by atoms with van der Waals surface area (Å²) in [6.45, 7) is 9.80. The molecule has 0 heterocycles. The Morgan fingerprint density at radius 3 is 1.75 bits per heavy atom. The van der Waals surface area contributed by atoms with Gasteiger partial charge in [-0.3, -0.25) is 4.21 Å². The van der Waals surface area contributed by atoms with Crippen LogP contribution in [0.1, 0.15) is 54.4 Å². The van der Waals surface area contributed by atoms with E-state index in [-0.39, 0.29) is 48.9 Å². The molecule has 0 aliphatic carbocycles. The van der Waals surface area contributed by atoms with E-state index in [9.17, 15) is 23.5 Å². The fourth-order valence-corrected chi connectivity index (χ4v) is 1.77. The maximum atomic E-state index is 12.1. The van der Waals surface area contributed by atoms with Gasteiger partial charge in [-0.25, -0.2) is 14.5 Å². The monoisotopic (exact) mass is 375 g/mol. The maximum absolute atomic E-state index is 12.1. The van der Waals surface area contributed by atoms with Crippen LogP contribution in [0, 0.1) is 0 Å². The Morgan fingerprint density at radius 1 is 1.08 bits per heavy atom. The minimum Gasteiger partial charge on any atom is -0.770 e. The zero-order valence-electron chi connectivity index (χ0n) is 15.5. The van der Waals surface area contributed by atoms with Crippen molar-refractivity contribution < 1.29 is 62.5 Å². The van der Waals surface area contributed by atoms with Gasteiger partial charge in [-0.05, 0) is 65.5 Å². The van der Waals surface area contributed by atoms with Crippen molar-refractivity contribution in [1.29, 1.82) is 0 Å². The Balaban J connectivity index is 0. The van der Waals surface area contributed by atoms with Crippen LogP contribution in [0.25, 0.3) is 0 Å². The molecule has 0 spiro atoms. The van der Waals surface area contributed by atoms with Gasteiger partial charge in [0, 0.05) is 6.54 Å². The average Bonchev–Trinajstić information content (AvgIpc) is 2.29. The van der Waals surface area contributed by atoms with Crippen LogP contribution in [0.15, 0.2) is 0 Å². The van der Waals surface area contributed by atoms with E-state index < -0.39 is 39.9 Å². The number of amides is 2. The molecule has 0 aliphatic heterocycles. The Hall–Kier alpha value is -0.190. The van der Waals surface area contributed by atoms with Crippen molar-refractivity contribution in [2.24, 2.45) is 0 Å². The van der Waals surface area contributed by atoms with Crippen LogP contribution in [0.4, 0.5) is 9.59 Å². The summed E-state index contributed by atoms with van der Waals surface area (Å²) in [6.07, 6.45) is -1.79. The predicted molar refractivity (Wildman–Crippen MR) is 83.3 cm³/mol. The van der Waals surface area contributed by atoms with E-state index in [4.69, 9.17) is 9.47 Å². The van der Waals surface area contributed by atoms with Crippen molar-refractivity contribution in [3.63, 3.8) is 0 Å². The summed E-state index contributed by atoms with van der Waals surface area (Å²) in [4.78, 5) is 25.0. The van der Waals surface area contributed by atoms with E-state index >= 15 is 0 Å². The van der Waals surface area contributed by atoms with Crippen LogP contribution in [0.3, 0.4) is 0 Å². The van der Waals surface area contributed by atoms with Gasteiger partial charge in [-0.15, -0.1) is 0 Å². The van der Waals surface area contributed by atoms with Crippen LogP contribution in [-0.4, -0.2) is 54.1 Å². The molecule has 0 radical (unpaired) electrons. The van der Waals surface area contributed by atoms with E-state index in [2.05, 4.69) is 0 Å². The summed E-state index contributed by atoms with van der Waals surface area (Å²) in [6, 6.07) is 0. The van der Waals surface area contributed by atoms with Crippen molar-refractivity contribution in [3.05, 3.63) is 0 Å². The molecular weight excluding hydrogens is 349 g/mol. The normalized spacial score (nSPS) is 14.2. The summed E-state index contributed by atoms with van der Waals surface area (Å²) >= 11 is -2.62. The number of hydrogen-bond donors (Lipinski definition) is 1. The van der Waals surface area contributed by atoms with Crippen LogP contribution >= 0.6 is 0 Å². The van der Waals surface area contributed by atoms with Gasteiger partial charge in [-0.2, -0.15) is 0 Å². The second kappa shape index (κ2) is 10.7. The molecule has 0 fully saturated rings. The largest absolute Gasteiger partial charge is 1.00 e. The van der Waals surface area contributed by atoms with Crippen molar-refractivity contribution in [2.45, 2.75) is 71.0 Å². The van der Waals surface area contributed by atoms with Gasteiger partial charge < -0.3 is 19.1 Å². The number of imide groups is 1. The van der Waals surface area contributed by atoms with E-state index in [1.54, 1.807) is 41.5 Å². The third-order valence-electron chi connectivity index (χ3n) is 2.28. The van der Waals surface area contributed by atoms with Gasteiger partial charge in [0.1, 0.15) is 16.6 Å². The molecule has 8 nitrogen and oxygen atoms in total. The fraction of sp³-hybridized carbons (Fsp3) is 0.857. The van der Waals surface area contributed by atoms with E-state index in [0.717, 1.165) is 4.90 Å².